The molecule has 0 bridgehead atoms. The molecule has 0 aromatic heterocycles. The summed E-state index contributed by atoms with van der Waals surface area (Å²) in [5.41, 5.74) is 0. The first kappa shape index (κ1) is 15.1. The van der Waals surface area contributed by atoms with E-state index in [4.69, 9.17) is 18.9 Å². The summed E-state index contributed by atoms with van der Waals surface area (Å²) in [5, 5.41) is 3.31. The van der Waals surface area contributed by atoms with Crippen molar-refractivity contribution in [2.24, 2.45) is 0 Å². The fourth-order valence-electron chi connectivity index (χ4n) is 2.08. The van der Waals surface area contributed by atoms with Crippen LogP contribution in [0.3, 0.4) is 0 Å². The van der Waals surface area contributed by atoms with Crippen molar-refractivity contribution in [1.82, 2.24) is 5.32 Å². The molecule has 1 aromatic carbocycles. The van der Waals surface area contributed by atoms with E-state index >= 15 is 0 Å². The Labute approximate surface area is 120 Å². The van der Waals surface area contributed by atoms with Crippen LogP contribution in [0.15, 0.2) is 24.3 Å². The van der Waals surface area contributed by atoms with E-state index in [9.17, 15) is 0 Å². The van der Waals surface area contributed by atoms with Gasteiger partial charge in [-0.05, 0) is 31.2 Å². The van der Waals surface area contributed by atoms with Gasteiger partial charge in [-0.3, -0.25) is 0 Å². The monoisotopic (exact) mass is 281 g/mol. The summed E-state index contributed by atoms with van der Waals surface area (Å²) in [6.07, 6.45) is 0.396. The second-order valence-corrected chi connectivity index (χ2v) is 4.83. The lowest BCUT2D eigenvalue weighted by molar-refractivity contribution is -0.0709. The summed E-state index contributed by atoms with van der Waals surface area (Å²) < 4.78 is 22.0. The van der Waals surface area contributed by atoms with Crippen LogP contribution in [0.25, 0.3) is 0 Å². The second kappa shape index (κ2) is 8.09. The second-order valence-electron chi connectivity index (χ2n) is 4.83. The van der Waals surface area contributed by atoms with Crippen LogP contribution in [0.4, 0.5) is 0 Å². The molecule has 1 N–H and O–H groups in total. The van der Waals surface area contributed by atoms with Gasteiger partial charge in [0.15, 0.2) is 0 Å². The molecule has 112 valence electrons. The Morgan fingerprint density at radius 3 is 2.60 bits per heavy atom. The van der Waals surface area contributed by atoms with Crippen molar-refractivity contribution < 1.29 is 18.9 Å². The quantitative estimate of drug-likeness (QED) is 0.767. The smallest absolute Gasteiger partial charge is 0.119 e. The minimum absolute atomic E-state index is 0.139. The number of methoxy groups -OCH3 is 1. The summed E-state index contributed by atoms with van der Waals surface area (Å²) >= 11 is 0. The van der Waals surface area contributed by atoms with E-state index in [0.29, 0.717) is 19.8 Å². The fraction of sp³-hybridized carbons (Fsp3) is 0.600. The van der Waals surface area contributed by atoms with Gasteiger partial charge in [0.2, 0.25) is 0 Å². The van der Waals surface area contributed by atoms with Crippen molar-refractivity contribution in [2.45, 2.75) is 19.1 Å². The van der Waals surface area contributed by atoms with Gasteiger partial charge < -0.3 is 24.3 Å². The highest BCUT2D eigenvalue weighted by Crippen LogP contribution is 2.16. The number of morpholine rings is 1. The van der Waals surface area contributed by atoms with E-state index in [1.54, 1.807) is 7.11 Å². The molecule has 1 aliphatic rings. The molecule has 0 radical (unpaired) electrons. The maximum Gasteiger partial charge on any atom is 0.119 e. The van der Waals surface area contributed by atoms with Crippen molar-refractivity contribution in [3.05, 3.63) is 24.3 Å². The van der Waals surface area contributed by atoms with Crippen LogP contribution in [0.5, 0.6) is 11.5 Å². The Morgan fingerprint density at radius 2 is 1.90 bits per heavy atom. The van der Waals surface area contributed by atoms with Crippen molar-refractivity contribution in [2.75, 3.05) is 40.0 Å². The zero-order valence-corrected chi connectivity index (χ0v) is 12.1. The zero-order valence-electron chi connectivity index (χ0n) is 12.1. The van der Waals surface area contributed by atoms with Crippen molar-refractivity contribution >= 4 is 0 Å². The van der Waals surface area contributed by atoms with Crippen LogP contribution in [-0.4, -0.2) is 52.2 Å². The van der Waals surface area contributed by atoms with Crippen LogP contribution in [0.2, 0.25) is 0 Å². The minimum atomic E-state index is 0.139. The van der Waals surface area contributed by atoms with E-state index in [-0.39, 0.29) is 12.2 Å². The van der Waals surface area contributed by atoms with Gasteiger partial charge in [-0.1, -0.05) is 0 Å². The number of ether oxygens (including phenoxy) is 4. The number of rotatable bonds is 7. The first-order valence-electron chi connectivity index (χ1n) is 6.98. The third-order valence-corrected chi connectivity index (χ3v) is 3.09. The van der Waals surface area contributed by atoms with Crippen LogP contribution in [0, 0.1) is 0 Å². The lowest BCUT2D eigenvalue weighted by atomic mass is 10.2. The number of nitrogens with one attached hydrogen (secondary N) is 1. The Hall–Kier alpha value is -1.30. The first-order valence-corrected chi connectivity index (χ1v) is 6.98. The molecule has 2 unspecified atom stereocenters. The third kappa shape index (κ3) is 5.00. The summed E-state index contributed by atoms with van der Waals surface area (Å²) in [7, 11) is 1.65. The Morgan fingerprint density at radius 1 is 1.15 bits per heavy atom. The van der Waals surface area contributed by atoms with Gasteiger partial charge in [-0.2, -0.15) is 0 Å². The number of benzene rings is 1. The largest absolute Gasteiger partial charge is 0.497 e. The maximum absolute atomic E-state index is 5.73. The predicted octanol–water partition coefficient (Wildman–Crippen LogP) is 1.47. The van der Waals surface area contributed by atoms with E-state index in [0.717, 1.165) is 24.6 Å². The summed E-state index contributed by atoms with van der Waals surface area (Å²) in [4.78, 5) is 0. The summed E-state index contributed by atoms with van der Waals surface area (Å²) in [6, 6.07) is 7.52. The fourth-order valence-corrected chi connectivity index (χ4v) is 2.08. The van der Waals surface area contributed by atoms with E-state index in [2.05, 4.69) is 12.2 Å². The van der Waals surface area contributed by atoms with Crippen molar-refractivity contribution in [3.8, 4) is 11.5 Å². The molecular weight excluding hydrogens is 258 g/mol. The number of hydrogen-bond acceptors (Lipinski definition) is 5. The van der Waals surface area contributed by atoms with Gasteiger partial charge in [0.1, 0.15) is 18.1 Å². The lowest BCUT2D eigenvalue weighted by Crippen LogP contribution is -2.45. The first-order chi connectivity index (χ1) is 9.78. The molecule has 2 rings (SSSR count). The molecule has 1 aromatic rings. The van der Waals surface area contributed by atoms with Crippen molar-refractivity contribution in [3.63, 3.8) is 0 Å². The van der Waals surface area contributed by atoms with Gasteiger partial charge in [0, 0.05) is 13.1 Å². The summed E-state index contributed by atoms with van der Waals surface area (Å²) in [6.45, 7) is 5.51. The van der Waals surface area contributed by atoms with E-state index < -0.39 is 0 Å². The topological polar surface area (TPSA) is 49.0 Å². The van der Waals surface area contributed by atoms with Crippen LogP contribution < -0.4 is 14.8 Å². The molecule has 1 aliphatic heterocycles. The summed E-state index contributed by atoms with van der Waals surface area (Å²) in [5.74, 6) is 1.64. The molecule has 0 amide bonds. The molecule has 5 nitrogen and oxygen atoms in total. The SMILES string of the molecule is COc1ccc(OCCOCC2CNCC(C)O2)cc1. The normalized spacial score (nSPS) is 22.5. The molecule has 2 atom stereocenters. The molecular formula is C15H23NO4. The van der Waals surface area contributed by atoms with Gasteiger partial charge in [-0.25, -0.2) is 0 Å². The highest BCUT2D eigenvalue weighted by atomic mass is 16.6. The maximum atomic E-state index is 5.73. The minimum Gasteiger partial charge on any atom is -0.497 e. The Bertz CT molecular complexity index is 382. The highest BCUT2D eigenvalue weighted by molar-refractivity contribution is 5.31. The standard InChI is InChI=1S/C15H23NO4/c1-12-9-16-10-15(20-12)11-18-7-8-19-14-5-3-13(17-2)4-6-14/h3-6,12,15-16H,7-11H2,1-2H3. The molecule has 0 aliphatic carbocycles. The molecule has 0 saturated carbocycles. The zero-order chi connectivity index (χ0) is 14.2. The van der Waals surface area contributed by atoms with Crippen LogP contribution >= 0.6 is 0 Å². The molecule has 20 heavy (non-hydrogen) atoms. The molecule has 5 heteroatoms. The average Bonchev–Trinajstić information content (AvgIpc) is 2.48. The Balaban J connectivity index is 1.56. The van der Waals surface area contributed by atoms with Gasteiger partial charge in [-0.15, -0.1) is 0 Å². The van der Waals surface area contributed by atoms with Crippen LogP contribution in [0.1, 0.15) is 6.92 Å². The average molecular weight is 281 g/mol. The molecule has 1 fully saturated rings. The van der Waals surface area contributed by atoms with Crippen LogP contribution in [-0.2, 0) is 9.47 Å². The molecule has 1 heterocycles. The Kier molecular flexibility index (Phi) is 6.11. The number of hydrogen-bond donors (Lipinski definition) is 1. The third-order valence-electron chi connectivity index (χ3n) is 3.09. The predicted molar refractivity (Wildman–Crippen MR) is 76.5 cm³/mol. The van der Waals surface area contributed by atoms with Gasteiger partial charge >= 0.3 is 0 Å². The van der Waals surface area contributed by atoms with Gasteiger partial charge in [0.05, 0.1) is 32.5 Å². The molecule has 1 saturated heterocycles. The van der Waals surface area contributed by atoms with Gasteiger partial charge in [0.25, 0.3) is 0 Å². The van der Waals surface area contributed by atoms with E-state index in [1.807, 2.05) is 24.3 Å². The highest BCUT2D eigenvalue weighted by Gasteiger charge is 2.18. The van der Waals surface area contributed by atoms with E-state index in [1.165, 1.54) is 0 Å². The lowest BCUT2D eigenvalue weighted by Gasteiger charge is -2.28. The van der Waals surface area contributed by atoms with Crippen molar-refractivity contribution in [1.29, 1.82) is 0 Å². The molecule has 0 spiro atoms.